The summed E-state index contributed by atoms with van der Waals surface area (Å²) in [6.45, 7) is 3.91. The van der Waals surface area contributed by atoms with E-state index in [0.29, 0.717) is 5.57 Å². The average molecular weight is 304 g/mol. The van der Waals surface area contributed by atoms with Gasteiger partial charge in [-0.3, -0.25) is 4.40 Å². The fourth-order valence-corrected chi connectivity index (χ4v) is 3.67. The summed E-state index contributed by atoms with van der Waals surface area (Å²) in [5, 5.41) is 11.3. The van der Waals surface area contributed by atoms with E-state index in [4.69, 9.17) is 0 Å². The lowest BCUT2D eigenvalue weighted by molar-refractivity contribution is -0.130. The van der Waals surface area contributed by atoms with Gasteiger partial charge in [-0.15, -0.1) is 22.7 Å². The summed E-state index contributed by atoms with van der Waals surface area (Å²) in [7, 11) is 0. The number of aryl methyl sites for hydroxylation is 2. The number of hydrogen-bond acceptors (Lipinski definition) is 4. The second kappa shape index (κ2) is 4.88. The van der Waals surface area contributed by atoms with Crippen LogP contribution in [0.4, 0.5) is 0 Å². The Bertz CT molecular complexity index is 810. The molecule has 3 aromatic rings. The molecule has 0 bridgehead atoms. The normalized spacial score (nSPS) is 12.2. The van der Waals surface area contributed by atoms with Crippen molar-refractivity contribution in [2.45, 2.75) is 13.8 Å². The van der Waals surface area contributed by atoms with Crippen LogP contribution in [0, 0.1) is 13.8 Å². The molecule has 6 heteroatoms. The van der Waals surface area contributed by atoms with Crippen LogP contribution in [-0.4, -0.2) is 20.5 Å². The molecular formula is C14H12N2O2S2. The number of carboxylic acid groups (broad SMARTS) is 1. The topological polar surface area (TPSA) is 54.6 Å². The number of aromatic nitrogens is 2. The van der Waals surface area contributed by atoms with E-state index in [9.17, 15) is 9.90 Å². The molecule has 0 fully saturated rings. The molecule has 0 saturated carbocycles. The van der Waals surface area contributed by atoms with Gasteiger partial charge in [0.2, 0.25) is 0 Å². The molecule has 20 heavy (non-hydrogen) atoms. The number of carbonyl (C=O) groups is 1. The summed E-state index contributed by atoms with van der Waals surface area (Å²) in [6, 6.07) is 3.67. The smallest absolute Gasteiger partial charge is 0.337 e. The molecule has 3 heterocycles. The molecule has 3 rings (SSSR count). The highest BCUT2D eigenvalue weighted by Crippen LogP contribution is 2.27. The Morgan fingerprint density at radius 1 is 1.45 bits per heavy atom. The van der Waals surface area contributed by atoms with E-state index in [1.807, 2.05) is 42.0 Å². The number of fused-ring (bicyclic) bond motifs is 1. The molecule has 1 N–H and O–H groups in total. The standard InChI is InChI=1S/C14H12N2O2S2/c1-8-7-16-11(9(2)15-14(16)20-8)6-10(13(17)18)12-4-3-5-19-12/h3-7H,1-2H3,(H,17,18)/b10-6-. The van der Waals surface area contributed by atoms with Gasteiger partial charge in [-0.05, 0) is 31.4 Å². The first-order valence-corrected chi connectivity index (χ1v) is 7.70. The molecule has 0 atom stereocenters. The van der Waals surface area contributed by atoms with E-state index in [1.54, 1.807) is 17.4 Å². The van der Waals surface area contributed by atoms with Crippen LogP contribution in [-0.2, 0) is 4.79 Å². The molecule has 0 unspecified atom stereocenters. The lowest BCUT2D eigenvalue weighted by atomic mass is 10.1. The molecule has 0 aromatic carbocycles. The Hall–Kier alpha value is -1.92. The summed E-state index contributed by atoms with van der Waals surface area (Å²) in [5.74, 6) is -0.922. The number of nitrogens with zero attached hydrogens (tertiary/aromatic N) is 2. The van der Waals surface area contributed by atoms with Gasteiger partial charge in [-0.1, -0.05) is 6.07 Å². The molecule has 3 aromatic heterocycles. The van der Waals surface area contributed by atoms with Gasteiger partial charge in [0.15, 0.2) is 4.96 Å². The molecule has 4 nitrogen and oxygen atoms in total. The molecule has 0 amide bonds. The van der Waals surface area contributed by atoms with Crippen LogP contribution in [0.5, 0.6) is 0 Å². The molecule has 0 aliphatic rings. The fourth-order valence-electron chi connectivity index (χ4n) is 2.06. The Morgan fingerprint density at radius 3 is 2.90 bits per heavy atom. The molecule has 0 radical (unpaired) electrons. The van der Waals surface area contributed by atoms with Gasteiger partial charge >= 0.3 is 5.97 Å². The van der Waals surface area contributed by atoms with Crippen molar-refractivity contribution in [2.75, 3.05) is 0 Å². The van der Waals surface area contributed by atoms with Gasteiger partial charge in [0.05, 0.1) is 17.0 Å². The zero-order chi connectivity index (χ0) is 14.3. The number of hydrogen-bond donors (Lipinski definition) is 1. The van der Waals surface area contributed by atoms with Crippen molar-refractivity contribution >= 4 is 45.3 Å². The first-order valence-electron chi connectivity index (χ1n) is 6.00. The van der Waals surface area contributed by atoms with Crippen molar-refractivity contribution < 1.29 is 9.90 Å². The van der Waals surface area contributed by atoms with Crippen molar-refractivity contribution in [3.8, 4) is 0 Å². The predicted octanol–water partition coefficient (Wildman–Crippen LogP) is 3.70. The molecular weight excluding hydrogens is 292 g/mol. The van der Waals surface area contributed by atoms with Crippen molar-refractivity contribution in [1.29, 1.82) is 0 Å². The van der Waals surface area contributed by atoms with E-state index >= 15 is 0 Å². The zero-order valence-corrected chi connectivity index (χ0v) is 12.6. The minimum Gasteiger partial charge on any atom is -0.478 e. The second-order valence-electron chi connectivity index (χ2n) is 4.42. The van der Waals surface area contributed by atoms with Crippen LogP contribution < -0.4 is 0 Å². The number of rotatable bonds is 3. The van der Waals surface area contributed by atoms with Crippen molar-refractivity contribution in [1.82, 2.24) is 9.38 Å². The maximum absolute atomic E-state index is 11.5. The monoisotopic (exact) mass is 304 g/mol. The van der Waals surface area contributed by atoms with E-state index < -0.39 is 5.97 Å². The second-order valence-corrected chi connectivity index (χ2v) is 6.58. The fraction of sp³-hybridized carbons (Fsp3) is 0.143. The average Bonchev–Trinajstić information content (AvgIpc) is 3.04. The third kappa shape index (κ3) is 2.17. The van der Waals surface area contributed by atoms with Crippen molar-refractivity contribution in [3.63, 3.8) is 0 Å². The largest absolute Gasteiger partial charge is 0.478 e. The lowest BCUT2D eigenvalue weighted by Gasteiger charge is -2.00. The predicted molar refractivity (Wildman–Crippen MR) is 82.4 cm³/mol. The third-order valence-corrected chi connectivity index (χ3v) is 4.76. The minimum atomic E-state index is -0.922. The van der Waals surface area contributed by atoms with E-state index in [-0.39, 0.29) is 0 Å². The molecule has 102 valence electrons. The number of thiophene rings is 1. The van der Waals surface area contributed by atoms with Gasteiger partial charge in [-0.25, -0.2) is 9.78 Å². The van der Waals surface area contributed by atoms with E-state index in [0.717, 1.165) is 26.1 Å². The highest BCUT2D eigenvalue weighted by Gasteiger charge is 2.15. The minimum absolute atomic E-state index is 0.300. The number of thiazole rings is 1. The Kier molecular flexibility index (Phi) is 3.19. The van der Waals surface area contributed by atoms with Crippen LogP contribution in [0.1, 0.15) is 21.1 Å². The summed E-state index contributed by atoms with van der Waals surface area (Å²) in [5.41, 5.74) is 1.97. The Morgan fingerprint density at radius 2 is 2.25 bits per heavy atom. The first kappa shape index (κ1) is 13.1. The summed E-state index contributed by atoms with van der Waals surface area (Å²) < 4.78 is 1.95. The zero-order valence-electron chi connectivity index (χ0n) is 11.0. The van der Waals surface area contributed by atoms with Gasteiger partial charge < -0.3 is 5.11 Å². The number of aliphatic carboxylic acids is 1. The molecule has 0 aliphatic carbocycles. The van der Waals surface area contributed by atoms with E-state index in [1.165, 1.54) is 11.3 Å². The highest BCUT2D eigenvalue weighted by atomic mass is 32.1. The van der Waals surface area contributed by atoms with E-state index in [2.05, 4.69) is 4.98 Å². The Labute approximate surface area is 123 Å². The van der Waals surface area contributed by atoms with Gasteiger partial charge in [0.25, 0.3) is 0 Å². The van der Waals surface area contributed by atoms with Crippen molar-refractivity contribution in [2.24, 2.45) is 0 Å². The third-order valence-electron chi connectivity index (χ3n) is 2.96. The van der Waals surface area contributed by atoms with Crippen molar-refractivity contribution in [3.05, 3.63) is 44.9 Å². The Balaban J connectivity index is 2.20. The summed E-state index contributed by atoms with van der Waals surface area (Å²) >= 11 is 3.02. The maximum atomic E-state index is 11.5. The van der Waals surface area contributed by atoms with Crippen LogP contribution in [0.15, 0.2) is 23.7 Å². The van der Waals surface area contributed by atoms with Crippen LogP contribution in [0.25, 0.3) is 16.6 Å². The van der Waals surface area contributed by atoms with Crippen LogP contribution in [0.2, 0.25) is 0 Å². The first-order chi connectivity index (χ1) is 9.56. The van der Waals surface area contributed by atoms with Gasteiger partial charge in [-0.2, -0.15) is 0 Å². The quantitative estimate of drug-likeness (QED) is 0.751. The summed E-state index contributed by atoms with van der Waals surface area (Å²) in [6.07, 6.45) is 3.69. The number of imidazole rings is 1. The highest BCUT2D eigenvalue weighted by molar-refractivity contribution is 7.17. The SMILES string of the molecule is Cc1cn2c(/C=C(\C(=O)O)c3cccs3)c(C)nc2s1. The molecule has 0 spiro atoms. The maximum Gasteiger partial charge on any atom is 0.337 e. The molecule has 0 saturated heterocycles. The summed E-state index contributed by atoms with van der Waals surface area (Å²) in [4.78, 5) is 18.8. The van der Waals surface area contributed by atoms with Crippen LogP contribution >= 0.6 is 22.7 Å². The lowest BCUT2D eigenvalue weighted by Crippen LogP contribution is -1.98. The van der Waals surface area contributed by atoms with Crippen LogP contribution in [0.3, 0.4) is 0 Å². The van der Waals surface area contributed by atoms with Gasteiger partial charge in [0.1, 0.15) is 0 Å². The molecule has 0 aliphatic heterocycles. The number of carboxylic acids is 1. The van der Waals surface area contributed by atoms with Gasteiger partial charge in [0, 0.05) is 16.0 Å².